The fourth-order valence-corrected chi connectivity index (χ4v) is 8.40. The summed E-state index contributed by atoms with van der Waals surface area (Å²) in [6.45, 7) is 2.08. The van der Waals surface area contributed by atoms with Crippen molar-refractivity contribution in [2.24, 2.45) is 5.41 Å². The lowest BCUT2D eigenvalue weighted by Gasteiger charge is -2.32. The summed E-state index contributed by atoms with van der Waals surface area (Å²) in [5.74, 6) is -2.13. The molecule has 1 heterocycles. The minimum absolute atomic E-state index is 0.163. The van der Waals surface area contributed by atoms with Crippen LogP contribution in [0.3, 0.4) is 0 Å². The molecule has 0 spiro atoms. The fourth-order valence-electron chi connectivity index (χ4n) is 7.96. The van der Waals surface area contributed by atoms with Crippen LogP contribution in [0.2, 0.25) is 0 Å². The number of benzene rings is 4. The topological polar surface area (TPSA) is 149 Å². The third-order valence-electron chi connectivity index (χ3n) is 11.1. The molecule has 4 atom stereocenters. The Kier molecular flexibility index (Phi) is 15.7. The van der Waals surface area contributed by atoms with E-state index in [-0.39, 0.29) is 23.7 Å². The van der Waals surface area contributed by atoms with Crippen molar-refractivity contribution >= 4 is 46.6 Å². The number of hydrogen-bond donors (Lipinski definition) is 4. The molecule has 1 aliphatic carbocycles. The van der Waals surface area contributed by atoms with Crippen molar-refractivity contribution < 1.29 is 34.1 Å². The second-order valence-electron chi connectivity index (χ2n) is 15.0. The van der Waals surface area contributed by atoms with Crippen molar-refractivity contribution in [3.63, 3.8) is 0 Å². The molecule has 1 saturated heterocycles. The Morgan fingerprint density at radius 2 is 1.31 bits per heavy atom. The number of carbonyl (C=O) groups excluding carboxylic acids is 2. The van der Waals surface area contributed by atoms with E-state index in [1.54, 1.807) is 24.0 Å². The standard InChI is InChI=1S/C36H41N3O5S.C10H13NO2/c1-25(40)38-31(24-26-11-5-3-6-12-26)33(41)39(32(38)28-13-7-4-8-14-28)29-17-15-27(16-18-29)23-30(34(42)43)37-35(45)36(21-22-44-2)19-9-10-20-36;1-11-9(10(12)13)7-8-5-3-2-4-6-8/h3-8,11-18,30-32H,9-10,19-24H2,1-2H3,(H,37,45)(H,42,43);2-6,9,11H,7H2,1H3,(H,12,13). The van der Waals surface area contributed by atoms with Crippen LogP contribution < -0.4 is 15.5 Å². The first-order valence-electron chi connectivity index (χ1n) is 19.7. The molecule has 2 amide bonds. The second kappa shape index (κ2) is 20.8. The fraction of sp³-hybridized carbons (Fsp3) is 0.370. The van der Waals surface area contributed by atoms with Crippen LogP contribution in [0.15, 0.2) is 115 Å². The first-order chi connectivity index (χ1) is 28.0. The minimum Gasteiger partial charge on any atom is -0.480 e. The first-order valence-corrected chi connectivity index (χ1v) is 20.1. The number of carboxylic acid groups (broad SMARTS) is 2. The van der Waals surface area contributed by atoms with Crippen LogP contribution in [0.4, 0.5) is 5.69 Å². The van der Waals surface area contributed by atoms with Crippen molar-refractivity contribution in [2.75, 3.05) is 25.7 Å². The van der Waals surface area contributed by atoms with E-state index in [0.717, 1.165) is 54.4 Å². The van der Waals surface area contributed by atoms with Crippen LogP contribution >= 0.6 is 12.2 Å². The Morgan fingerprint density at radius 1 is 0.793 bits per heavy atom. The maximum absolute atomic E-state index is 14.1. The van der Waals surface area contributed by atoms with Gasteiger partial charge in [-0.3, -0.25) is 19.3 Å². The Hall–Kier alpha value is -5.43. The summed E-state index contributed by atoms with van der Waals surface area (Å²) in [6, 6.07) is 34.2. The summed E-state index contributed by atoms with van der Waals surface area (Å²) in [4.78, 5) is 54.2. The molecular weight excluding hydrogens is 753 g/mol. The molecule has 2 fully saturated rings. The molecule has 4 aromatic carbocycles. The van der Waals surface area contributed by atoms with Gasteiger partial charge < -0.3 is 30.5 Å². The molecular formula is C46H54N4O7S. The summed E-state index contributed by atoms with van der Waals surface area (Å²) in [5.41, 5.74) is 4.04. The van der Waals surface area contributed by atoms with E-state index >= 15 is 0 Å². The highest BCUT2D eigenvalue weighted by Crippen LogP contribution is 2.42. The Balaban J connectivity index is 0.000000419. The van der Waals surface area contributed by atoms with Gasteiger partial charge in [-0.15, -0.1) is 0 Å². The highest BCUT2D eigenvalue weighted by Gasteiger charge is 2.48. The largest absolute Gasteiger partial charge is 0.480 e. The monoisotopic (exact) mass is 806 g/mol. The summed E-state index contributed by atoms with van der Waals surface area (Å²) >= 11 is 5.80. The molecule has 0 bridgehead atoms. The first kappa shape index (κ1) is 43.7. The van der Waals surface area contributed by atoms with Crippen LogP contribution in [0.5, 0.6) is 0 Å². The molecule has 58 heavy (non-hydrogen) atoms. The van der Waals surface area contributed by atoms with Gasteiger partial charge in [0.2, 0.25) is 5.91 Å². The van der Waals surface area contributed by atoms with Crippen molar-refractivity contribution in [1.82, 2.24) is 15.5 Å². The van der Waals surface area contributed by atoms with Crippen molar-refractivity contribution in [2.45, 2.75) is 82.6 Å². The zero-order valence-electron chi connectivity index (χ0n) is 33.4. The van der Waals surface area contributed by atoms with Gasteiger partial charge in [-0.1, -0.05) is 128 Å². The zero-order valence-corrected chi connectivity index (χ0v) is 34.2. The number of anilines is 1. The SMILES string of the molecule is CNC(Cc1ccccc1)C(=O)O.COCCC1(C(=S)NC(Cc2ccc(N3C(=O)C(Cc4ccccc4)N(C(C)=O)C3c3ccccc3)cc2)C(=O)O)CCCC1. The number of carbonyl (C=O) groups is 4. The number of rotatable bonds is 16. The Bertz CT molecular complexity index is 1980. The predicted molar refractivity (Wildman–Crippen MR) is 228 cm³/mol. The van der Waals surface area contributed by atoms with E-state index in [0.29, 0.717) is 30.1 Å². The van der Waals surface area contributed by atoms with Gasteiger partial charge in [0.25, 0.3) is 5.91 Å². The van der Waals surface area contributed by atoms with E-state index in [1.807, 2.05) is 115 Å². The lowest BCUT2D eigenvalue weighted by molar-refractivity contribution is -0.140. The molecule has 0 radical (unpaired) electrons. The number of hydrogen-bond acceptors (Lipinski definition) is 7. The van der Waals surface area contributed by atoms with Crippen molar-refractivity contribution in [3.05, 3.63) is 138 Å². The maximum atomic E-state index is 14.1. The van der Waals surface area contributed by atoms with Gasteiger partial charge in [-0.2, -0.15) is 0 Å². The second-order valence-corrected chi connectivity index (χ2v) is 15.4. The molecule has 4 aromatic rings. The third kappa shape index (κ3) is 10.9. The molecule has 0 aromatic heterocycles. The summed E-state index contributed by atoms with van der Waals surface area (Å²) in [5, 5.41) is 24.8. The quantitative estimate of drug-likeness (QED) is 0.0913. The molecule has 12 heteroatoms. The van der Waals surface area contributed by atoms with Crippen LogP contribution in [0.25, 0.3) is 0 Å². The van der Waals surface area contributed by atoms with E-state index < -0.39 is 36.2 Å². The van der Waals surface area contributed by atoms with Crippen LogP contribution in [-0.2, 0) is 43.2 Å². The zero-order chi connectivity index (χ0) is 41.7. The van der Waals surface area contributed by atoms with E-state index in [2.05, 4.69) is 10.6 Å². The number of carboxylic acids is 2. The molecule has 11 nitrogen and oxygen atoms in total. The lowest BCUT2D eigenvalue weighted by atomic mass is 9.82. The molecule has 4 unspecified atom stereocenters. The molecule has 306 valence electrons. The van der Waals surface area contributed by atoms with Crippen LogP contribution in [0, 0.1) is 5.41 Å². The smallest absolute Gasteiger partial charge is 0.326 e. The number of methoxy groups -OCH3 is 1. The number of nitrogens with zero attached hydrogens (tertiary/aromatic N) is 2. The van der Waals surface area contributed by atoms with Gasteiger partial charge in [0.1, 0.15) is 24.3 Å². The van der Waals surface area contributed by atoms with Crippen molar-refractivity contribution in [1.29, 1.82) is 0 Å². The summed E-state index contributed by atoms with van der Waals surface area (Å²) in [6.07, 6.45) is 5.29. The molecule has 6 rings (SSSR count). The van der Waals surface area contributed by atoms with Gasteiger partial charge in [0, 0.05) is 44.6 Å². The third-order valence-corrected chi connectivity index (χ3v) is 11.7. The normalized spacial score (nSPS) is 18.2. The van der Waals surface area contributed by atoms with Crippen LogP contribution in [-0.4, -0.2) is 82.7 Å². The van der Waals surface area contributed by atoms with E-state index in [4.69, 9.17) is 22.1 Å². The van der Waals surface area contributed by atoms with Gasteiger partial charge in [0.15, 0.2) is 0 Å². The molecule has 4 N–H and O–H groups in total. The highest BCUT2D eigenvalue weighted by atomic mass is 32.1. The average molecular weight is 807 g/mol. The maximum Gasteiger partial charge on any atom is 0.326 e. The van der Waals surface area contributed by atoms with Gasteiger partial charge in [-0.05, 0) is 67.1 Å². The predicted octanol–water partition coefficient (Wildman–Crippen LogP) is 6.60. The van der Waals surface area contributed by atoms with E-state index in [9.17, 15) is 24.3 Å². The number of ether oxygens (including phenoxy) is 1. The number of nitrogens with one attached hydrogen (secondary N) is 2. The molecule has 1 saturated carbocycles. The Labute approximate surface area is 346 Å². The lowest BCUT2D eigenvalue weighted by Crippen LogP contribution is -2.48. The number of aliphatic carboxylic acids is 2. The summed E-state index contributed by atoms with van der Waals surface area (Å²) in [7, 11) is 3.32. The number of amides is 2. The minimum atomic E-state index is -0.971. The van der Waals surface area contributed by atoms with Crippen LogP contribution in [0.1, 0.15) is 67.4 Å². The number of thiocarbonyl (C=S) groups is 1. The van der Waals surface area contributed by atoms with Crippen molar-refractivity contribution in [3.8, 4) is 0 Å². The van der Waals surface area contributed by atoms with Gasteiger partial charge in [-0.25, -0.2) is 4.79 Å². The average Bonchev–Trinajstić information content (AvgIpc) is 3.83. The van der Waals surface area contributed by atoms with Gasteiger partial charge in [0.05, 0.1) is 4.99 Å². The Morgan fingerprint density at radius 3 is 1.83 bits per heavy atom. The van der Waals surface area contributed by atoms with E-state index in [1.165, 1.54) is 6.92 Å². The van der Waals surface area contributed by atoms with Gasteiger partial charge >= 0.3 is 11.9 Å². The molecule has 2 aliphatic rings. The highest BCUT2D eigenvalue weighted by molar-refractivity contribution is 7.80. The summed E-state index contributed by atoms with van der Waals surface area (Å²) < 4.78 is 5.33. The molecule has 1 aliphatic heterocycles. The number of likely N-dealkylation sites (N-methyl/N-ethyl adjacent to an activating group) is 1.